The van der Waals surface area contributed by atoms with Gasteiger partial charge in [0.15, 0.2) is 0 Å². The topological polar surface area (TPSA) is 73.1 Å². The zero-order chi connectivity index (χ0) is 24.4. The molecule has 1 amide bonds. The fraction of sp³-hybridized carbons (Fsp3) is 0.444. The number of carbonyl (C=O) groups excluding carboxylic acids is 1. The SMILES string of the molecule is O=C(Cn1c(=O)n(-c2ccc(Cl)cc2)c(=O)c2c3c(sc21)CCCCC3)NCCC1=CCCCC1. The van der Waals surface area contributed by atoms with Gasteiger partial charge in [-0.25, -0.2) is 9.36 Å². The number of thiophene rings is 1. The Balaban J connectivity index is 1.53. The molecule has 6 nitrogen and oxygen atoms in total. The van der Waals surface area contributed by atoms with Gasteiger partial charge in [-0.2, -0.15) is 0 Å². The van der Waals surface area contributed by atoms with Crippen LogP contribution in [0.5, 0.6) is 0 Å². The minimum absolute atomic E-state index is 0.109. The third-order valence-electron chi connectivity index (χ3n) is 7.03. The second kappa shape index (κ2) is 10.5. The minimum Gasteiger partial charge on any atom is -0.354 e. The molecule has 35 heavy (non-hydrogen) atoms. The number of nitrogens with zero attached hydrogens (tertiary/aromatic N) is 2. The molecule has 2 heterocycles. The van der Waals surface area contributed by atoms with Crippen LogP contribution in [0.2, 0.25) is 5.02 Å². The van der Waals surface area contributed by atoms with Gasteiger partial charge in [0.25, 0.3) is 5.56 Å². The lowest BCUT2D eigenvalue weighted by Crippen LogP contribution is -2.41. The van der Waals surface area contributed by atoms with Crippen molar-refractivity contribution < 1.29 is 4.79 Å². The van der Waals surface area contributed by atoms with Crippen molar-refractivity contribution in [3.05, 3.63) is 72.2 Å². The zero-order valence-electron chi connectivity index (χ0n) is 19.8. The first-order chi connectivity index (χ1) is 17.0. The predicted molar refractivity (Wildman–Crippen MR) is 142 cm³/mol. The van der Waals surface area contributed by atoms with Crippen molar-refractivity contribution >= 4 is 39.1 Å². The van der Waals surface area contributed by atoms with Crippen molar-refractivity contribution in [1.29, 1.82) is 0 Å². The van der Waals surface area contributed by atoms with E-state index in [0.717, 1.165) is 56.9 Å². The molecule has 0 spiro atoms. The summed E-state index contributed by atoms with van der Waals surface area (Å²) in [5.41, 5.74) is 2.10. The third kappa shape index (κ3) is 5.02. The number of carbonyl (C=O) groups is 1. The van der Waals surface area contributed by atoms with E-state index in [-0.39, 0.29) is 18.0 Å². The van der Waals surface area contributed by atoms with Crippen molar-refractivity contribution in [3.8, 4) is 5.69 Å². The first-order valence-corrected chi connectivity index (χ1v) is 13.7. The van der Waals surface area contributed by atoms with Crippen molar-refractivity contribution in [2.75, 3.05) is 6.54 Å². The fourth-order valence-electron chi connectivity index (χ4n) is 5.20. The zero-order valence-corrected chi connectivity index (χ0v) is 21.3. The number of nitrogens with one attached hydrogen (secondary N) is 1. The molecule has 1 N–H and O–H groups in total. The van der Waals surface area contributed by atoms with E-state index in [1.165, 1.54) is 43.8 Å². The molecule has 2 aliphatic rings. The first kappa shape index (κ1) is 24.1. The number of halogens is 1. The standard InChI is InChI=1S/C27H30ClN3O3S/c28-19-11-13-20(14-12-19)31-25(33)24-21-9-5-2-6-10-22(21)35-26(24)30(27(31)34)17-23(32)29-16-15-18-7-3-1-4-8-18/h7,11-14H,1-6,8-10,15-17H2,(H,29,32). The Hall–Kier alpha value is -2.64. The Bertz CT molecular complexity index is 1400. The van der Waals surface area contributed by atoms with E-state index < -0.39 is 5.69 Å². The molecular formula is C27H30ClN3O3S. The lowest BCUT2D eigenvalue weighted by molar-refractivity contribution is -0.121. The normalized spacial score (nSPS) is 16.0. The summed E-state index contributed by atoms with van der Waals surface area (Å²) >= 11 is 7.55. The molecule has 2 aromatic heterocycles. The number of allylic oxidation sites excluding steroid dienone is 1. The Kier molecular flexibility index (Phi) is 7.25. The predicted octanol–water partition coefficient (Wildman–Crippen LogP) is 5.14. The minimum atomic E-state index is -0.494. The molecule has 0 unspecified atom stereocenters. The summed E-state index contributed by atoms with van der Waals surface area (Å²) in [7, 11) is 0. The van der Waals surface area contributed by atoms with Crippen molar-refractivity contribution in [2.45, 2.75) is 70.8 Å². The van der Waals surface area contributed by atoms with Crippen LogP contribution in [0.25, 0.3) is 15.9 Å². The molecule has 0 saturated heterocycles. The highest BCUT2D eigenvalue weighted by atomic mass is 35.5. The van der Waals surface area contributed by atoms with Gasteiger partial charge in [0.05, 0.1) is 11.1 Å². The average Bonchev–Trinajstić information content (AvgIpc) is 3.06. The highest BCUT2D eigenvalue weighted by Crippen LogP contribution is 2.33. The maximum Gasteiger partial charge on any atom is 0.337 e. The largest absolute Gasteiger partial charge is 0.354 e. The summed E-state index contributed by atoms with van der Waals surface area (Å²) in [5.74, 6) is -0.213. The van der Waals surface area contributed by atoms with E-state index >= 15 is 0 Å². The molecule has 8 heteroatoms. The smallest absolute Gasteiger partial charge is 0.337 e. The van der Waals surface area contributed by atoms with Crippen LogP contribution in [0.3, 0.4) is 0 Å². The van der Waals surface area contributed by atoms with E-state index in [1.54, 1.807) is 24.3 Å². The Labute approximate surface area is 213 Å². The number of rotatable bonds is 6. The van der Waals surface area contributed by atoms with Crippen LogP contribution < -0.4 is 16.6 Å². The summed E-state index contributed by atoms with van der Waals surface area (Å²) < 4.78 is 2.68. The number of aromatic nitrogens is 2. The van der Waals surface area contributed by atoms with Crippen molar-refractivity contribution in [2.24, 2.45) is 0 Å². The fourth-order valence-corrected chi connectivity index (χ4v) is 6.69. The maximum atomic E-state index is 13.7. The number of hydrogen-bond donors (Lipinski definition) is 1. The number of aryl methyl sites for hydroxylation is 2. The second-order valence-electron chi connectivity index (χ2n) is 9.44. The van der Waals surface area contributed by atoms with Crippen LogP contribution in [0.1, 0.15) is 61.8 Å². The molecule has 0 saturated carbocycles. The Morgan fingerprint density at radius 1 is 1.00 bits per heavy atom. The Morgan fingerprint density at radius 3 is 2.54 bits per heavy atom. The number of fused-ring (bicyclic) bond motifs is 3. The molecule has 0 fully saturated rings. The van der Waals surface area contributed by atoms with Gasteiger partial charge in [-0.15, -0.1) is 11.3 Å². The van der Waals surface area contributed by atoms with Crippen LogP contribution >= 0.6 is 22.9 Å². The summed E-state index contributed by atoms with van der Waals surface area (Å²) in [6, 6.07) is 6.67. The molecule has 0 bridgehead atoms. The number of amides is 1. The van der Waals surface area contributed by atoms with Gasteiger partial charge in [-0.05, 0) is 87.6 Å². The number of benzene rings is 1. The summed E-state index contributed by atoms with van der Waals surface area (Å²) in [6.45, 7) is 0.446. The van der Waals surface area contributed by atoms with Gasteiger partial charge >= 0.3 is 5.69 Å². The highest BCUT2D eigenvalue weighted by Gasteiger charge is 2.24. The lowest BCUT2D eigenvalue weighted by atomic mass is 9.97. The van der Waals surface area contributed by atoms with E-state index in [9.17, 15) is 14.4 Å². The molecule has 2 aliphatic carbocycles. The maximum absolute atomic E-state index is 13.7. The number of hydrogen-bond acceptors (Lipinski definition) is 4. The monoisotopic (exact) mass is 511 g/mol. The summed E-state index contributed by atoms with van der Waals surface area (Å²) in [6.07, 6.45) is 12.8. The van der Waals surface area contributed by atoms with Crippen LogP contribution in [-0.4, -0.2) is 21.6 Å². The van der Waals surface area contributed by atoms with Crippen LogP contribution in [-0.2, 0) is 24.2 Å². The Morgan fingerprint density at radius 2 is 1.77 bits per heavy atom. The van der Waals surface area contributed by atoms with Crippen molar-refractivity contribution in [1.82, 2.24) is 14.5 Å². The average molecular weight is 512 g/mol. The highest BCUT2D eigenvalue weighted by molar-refractivity contribution is 7.18. The van der Waals surface area contributed by atoms with Crippen LogP contribution in [0, 0.1) is 0 Å². The summed E-state index contributed by atoms with van der Waals surface area (Å²) in [5, 5.41) is 4.10. The first-order valence-electron chi connectivity index (χ1n) is 12.5. The molecular weight excluding hydrogens is 482 g/mol. The van der Waals surface area contributed by atoms with Crippen molar-refractivity contribution in [3.63, 3.8) is 0 Å². The third-order valence-corrected chi connectivity index (χ3v) is 8.59. The lowest BCUT2D eigenvalue weighted by Gasteiger charge is -2.14. The molecule has 1 aromatic carbocycles. The second-order valence-corrected chi connectivity index (χ2v) is 11.0. The molecule has 3 aromatic rings. The molecule has 5 rings (SSSR count). The van der Waals surface area contributed by atoms with E-state index in [2.05, 4.69) is 11.4 Å². The molecule has 0 aliphatic heterocycles. The van der Waals surface area contributed by atoms with Crippen LogP contribution in [0.4, 0.5) is 0 Å². The van der Waals surface area contributed by atoms with E-state index in [1.807, 2.05) is 0 Å². The van der Waals surface area contributed by atoms with Gasteiger partial charge in [-0.3, -0.25) is 14.2 Å². The van der Waals surface area contributed by atoms with Gasteiger partial charge < -0.3 is 5.32 Å². The van der Waals surface area contributed by atoms with Crippen LogP contribution in [0.15, 0.2) is 45.5 Å². The van der Waals surface area contributed by atoms with Gasteiger partial charge in [0, 0.05) is 16.4 Å². The molecule has 0 radical (unpaired) electrons. The molecule has 184 valence electrons. The van der Waals surface area contributed by atoms with E-state index in [4.69, 9.17) is 11.6 Å². The quantitative estimate of drug-likeness (QED) is 0.368. The van der Waals surface area contributed by atoms with Gasteiger partial charge in [0.1, 0.15) is 11.4 Å². The van der Waals surface area contributed by atoms with Gasteiger partial charge in [-0.1, -0.05) is 29.7 Å². The van der Waals surface area contributed by atoms with E-state index in [0.29, 0.717) is 27.5 Å². The molecule has 0 atom stereocenters. The van der Waals surface area contributed by atoms with Gasteiger partial charge in [0.2, 0.25) is 5.91 Å². The summed E-state index contributed by atoms with van der Waals surface area (Å²) in [4.78, 5) is 42.0.